The number of sulfonamides is 1. The summed E-state index contributed by atoms with van der Waals surface area (Å²) in [7, 11) is -3.89. The topological polar surface area (TPSA) is 152 Å². The summed E-state index contributed by atoms with van der Waals surface area (Å²) in [4.78, 5) is 30.8. The molecule has 3 aromatic rings. The number of hydrogen-bond acceptors (Lipinski definition) is 7. The third-order valence-corrected chi connectivity index (χ3v) is 6.81. The molecule has 0 unspecified atom stereocenters. The minimum absolute atomic E-state index is 0.0291. The van der Waals surface area contributed by atoms with Crippen LogP contribution < -0.4 is 15.8 Å². The maximum Gasteiger partial charge on any atom is 0.408 e. The first-order chi connectivity index (χ1) is 17.2. The van der Waals surface area contributed by atoms with E-state index in [1.54, 1.807) is 0 Å². The molecule has 2 aliphatic rings. The molecule has 15 heteroatoms. The molecule has 1 aliphatic carbocycles. The maximum absolute atomic E-state index is 13.4. The van der Waals surface area contributed by atoms with Crippen LogP contribution in [0.3, 0.4) is 0 Å². The quantitative estimate of drug-likeness (QED) is 0.436. The van der Waals surface area contributed by atoms with E-state index in [1.165, 1.54) is 28.9 Å². The molecule has 0 spiro atoms. The molecular formula is C22H22F3N7O4S. The lowest BCUT2D eigenvalue weighted by molar-refractivity contribution is -0.172. The molecule has 1 saturated carbocycles. The average molecular weight is 538 g/mol. The number of carbonyl (C=O) groups is 2. The fourth-order valence-electron chi connectivity index (χ4n) is 4.21. The number of fused-ring (bicyclic) bond motifs is 2. The minimum Gasteiger partial charge on any atom is -0.381 e. The van der Waals surface area contributed by atoms with Gasteiger partial charge in [-0.1, -0.05) is 0 Å². The highest BCUT2D eigenvalue weighted by atomic mass is 32.2. The molecule has 1 fully saturated rings. The Hall–Kier alpha value is -3.88. The van der Waals surface area contributed by atoms with Gasteiger partial charge in [-0.2, -0.15) is 13.2 Å². The number of alkyl halides is 3. The Labute approximate surface area is 208 Å². The number of halogens is 3. The number of hydrogen-bond donors (Lipinski definition) is 3. The Balaban J connectivity index is 1.61. The minimum atomic E-state index is -4.67. The van der Waals surface area contributed by atoms with Gasteiger partial charge in [-0.3, -0.25) is 14.3 Å². The van der Waals surface area contributed by atoms with Crippen molar-refractivity contribution >= 4 is 39.0 Å². The van der Waals surface area contributed by atoms with Gasteiger partial charge in [-0.25, -0.2) is 17.9 Å². The highest BCUT2D eigenvalue weighted by Crippen LogP contribution is 2.38. The highest BCUT2D eigenvalue weighted by Gasteiger charge is 2.46. The van der Waals surface area contributed by atoms with Crippen molar-refractivity contribution in [2.75, 3.05) is 16.7 Å². The number of anilines is 2. The first kappa shape index (κ1) is 24.8. The van der Waals surface area contributed by atoms with Crippen LogP contribution >= 0.6 is 0 Å². The van der Waals surface area contributed by atoms with Gasteiger partial charge in [0, 0.05) is 24.3 Å². The largest absolute Gasteiger partial charge is 0.408 e. The molecule has 0 radical (unpaired) electrons. The Bertz CT molecular complexity index is 1560. The summed E-state index contributed by atoms with van der Waals surface area (Å²) in [5.74, 6) is -1.41. The Morgan fingerprint density at radius 2 is 1.97 bits per heavy atom. The van der Waals surface area contributed by atoms with Crippen LogP contribution in [0, 0.1) is 0 Å². The predicted molar refractivity (Wildman–Crippen MR) is 127 cm³/mol. The molecule has 0 bridgehead atoms. The number of nitrogens with two attached hydrogens (primary N) is 1. The molecule has 1 aromatic carbocycles. The first-order valence-corrected chi connectivity index (χ1v) is 13.1. The molecule has 1 atom stereocenters. The lowest BCUT2D eigenvalue weighted by Gasteiger charge is -2.26. The molecule has 196 valence electrons. The Morgan fingerprint density at radius 1 is 1.27 bits per heavy atom. The summed E-state index contributed by atoms with van der Waals surface area (Å²) >= 11 is 0. The van der Waals surface area contributed by atoms with E-state index in [2.05, 4.69) is 20.1 Å². The highest BCUT2D eigenvalue weighted by molar-refractivity contribution is 7.92. The summed E-state index contributed by atoms with van der Waals surface area (Å²) in [6.07, 6.45) is -0.584. The van der Waals surface area contributed by atoms with Gasteiger partial charge in [0.2, 0.25) is 10.0 Å². The zero-order valence-electron chi connectivity index (χ0n) is 19.6. The third kappa shape index (κ3) is 4.65. The number of nitrogens with one attached hydrogen (secondary N) is 2. The Kier molecular flexibility index (Phi) is 5.58. The number of carbonyl (C=O) groups excluding carboxylic acids is 2. The second kappa shape index (κ2) is 8.33. The molecule has 0 saturated heterocycles. The van der Waals surface area contributed by atoms with Crippen LogP contribution in [0.25, 0.3) is 16.9 Å². The van der Waals surface area contributed by atoms with E-state index < -0.39 is 34.1 Å². The second-order valence-corrected chi connectivity index (χ2v) is 10.9. The van der Waals surface area contributed by atoms with Crippen molar-refractivity contribution in [2.45, 2.75) is 44.6 Å². The smallest absolute Gasteiger partial charge is 0.381 e. The van der Waals surface area contributed by atoms with E-state index in [9.17, 15) is 31.2 Å². The number of amides is 2. The number of nitrogens with zero attached hydrogens (tertiary/aromatic N) is 4. The molecule has 4 N–H and O–H groups in total. The van der Waals surface area contributed by atoms with Crippen molar-refractivity contribution in [3.63, 3.8) is 0 Å². The first-order valence-electron chi connectivity index (χ1n) is 11.2. The summed E-state index contributed by atoms with van der Waals surface area (Å²) in [6, 6.07) is 2.31. The molecule has 2 aromatic heterocycles. The number of nitrogen functional groups attached to an aromatic ring is 1. The Morgan fingerprint density at radius 3 is 2.59 bits per heavy atom. The van der Waals surface area contributed by atoms with Gasteiger partial charge in [0.05, 0.1) is 23.2 Å². The van der Waals surface area contributed by atoms with E-state index in [-0.39, 0.29) is 52.1 Å². The lowest BCUT2D eigenvalue weighted by Crippen LogP contribution is -2.43. The van der Waals surface area contributed by atoms with Gasteiger partial charge < -0.3 is 16.0 Å². The van der Waals surface area contributed by atoms with Crippen LogP contribution in [0.4, 0.5) is 24.7 Å². The summed E-state index contributed by atoms with van der Waals surface area (Å²) in [6.45, 7) is 0.486. The van der Waals surface area contributed by atoms with E-state index in [4.69, 9.17) is 5.73 Å². The van der Waals surface area contributed by atoms with E-state index in [0.717, 1.165) is 26.0 Å². The van der Waals surface area contributed by atoms with Crippen LogP contribution in [0.2, 0.25) is 0 Å². The van der Waals surface area contributed by atoms with Crippen molar-refractivity contribution in [3.8, 4) is 11.3 Å². The van der Waals surface area contributed by atoms with Crippen molar-refractivity contribution in [3.05, 3.63) is 41.1 Å². The van der Waals surface area contributed by atoms with Crippen molar-refractivity contribution in [1.82, 2.24) is 24.8 Å². The van der Waals surface area contributed by atoms with Crippen molar-refractivity contribution in [2.24, 2.45) is 0 Å². The van der Waals surface area contributed by atoms with Crippen molar-refractivity contribution < 1.29 is 31.2 Å². The van der Waals surface area contributed by atoms with Gasteiger partial charge in [0.15, 0.2) is 11.5 Å². The van der Waals surface area contributed by atoms with Crippen LogP contribution in [0.1, 0.15) is 46.0 Å². The molecule has 11 nitrogen and oxygen atoms in total. The van der Waals surface area contributed by atoms with Crippen LogP contribution in [-0.4, -0.2) is 64.2 Å². The molecule has 1 aliphatic heterocycles. The normalized spacial score (nSPS) is 16.7. The standard InChI is InChI=1S/C22H22F3N7O4S/c1-10(22(23,24)25)31-9-12-7-11(8-15(16(12)21(31)34)30-37(2,35)36)14-5-6-32-19(28-14)17(18(26)29-32)20(33)27-13-3-4-13/h5-8,10,13,30H,3-4,9H2,1-2H3,(H2,26,29)(H,27,33)/t10-/m0/s1. The lowest BCUT2D eigenvalue weighted by atomic mass is 10.0. The van der Waals surface area contributed by atoms with Gasteiger partial charge in [0.1, 0.15) is 11.6 Å². The predicted octanol–water partition coefficient (Wildman–Crippen LogP) is 2.15. The van der Waals surface area contributed by atoms with Gasteiger partial charge >= 0.3 is 6.18 Å². The van der Waals surface area contributed by atoms with E-state index in [1.807, 2.05) is 0 Å². The summed E-state index contributed by atoms with van der Waals surface area (Å²) < 4.78 is 67.7. The number of rotatable bonds is 6. The number of aromatic nitrogens is 3. The van der Waals surface area contributed by atoms with Gasteiger partial charge in [-0.15, -0.1) is 5.10 Å². The van der Waals surface area contributed by atoms with E-state index in [0.29, 0.717) is 10.5 Å². The van der Waals surface area contributed by atoms with Crippen LogP contribution in [0.15, 0.2) is 24.4 Å². The zero-order valence-corrected chi connectivity index (χ0v) is 20.4. The van der Waals surface area contributed by atoms with Crippen LogP contribution in [0.5, 0.6) is 0 Å². The fourth-order valence-corrected chi connectivity index (χ4v) is 4.77. The van der Waals surface area contributed by atoms with Gasteiger partial charge in [0.25, 0.3) is 11.8 Å². The second-order valence-electron chi connectivity index (χ2n) is 9.17. The monoisotopic (exact) mass is 537 g/mol. The molecular weight excluding hydrogens is 515 g/mol. The molecule has 3 heterocycles. The fraction of sp³-hybridized carbons (Fsp3) is 0.364. The van der Waals surface area contributed by atoms with Crippen molar-refractivity contribution in [1.29, 1.82) is 0 Å². The average Bonchev–Trinajstić information content (AvgIpc) is 3.43. The molecule has 37 heavy (non-hydrogen) atoms. The molecule has 2 amide bonds. The molecule has 5 rings (SSSR count). The zero-order chi connectivity index (χ0) is 26.9. The van der Waals surface area contributed by atoms with E-state index >= 15 is 0 Å². The maximum atomic E-state index is 13.4. The SMILES string of the molecule is C[C@H](N1Cc2cc(-c3ccn4nc(N)c(C(=O)NC5CC5)c4n3)cc(NS(C)(=O)=O)c2C1=O)C(F)(F)F. The van der Waals surface area contributed by atoms with Crippen LogP contribution in [-0.2, 0) is 16.6 Å². The number of benzene rings is 1. The summed E-state index contributed by atoms with van der Waals surface area (Å²) in [5, 5.41) is 6.93. The summed E-state index contributed by atoms with van der Waals surface area (Å²) in [5.41, 5.74) is 6.63. The third-order valence-electron chi connectivity index (χ3n) is 6.22. The van der Waals surface area contributed by atoms with Gasteiger partial charge in [-0.05, 0) is 43.5 Å².